The Morgan fingerprint density at radius 3 is 2.70 bits per heavy atom. The highest BCUT2D eigenvalue weighted by molar-refractivity contribution is 5.94. The molecule has 2 fully saturated rings. The predicted molar refractivity (Wildman–Crippen MR) is 96.6 cm³/mol. The minimum Gasteiger partial charge on any atom is -0.496 e. The minimum absolute atomic E-state index is 0.0614. The van der Waals surface area contributed by atoms with Crippen LogP contribution in [-0.4, -0.2) is 48.0 Å². The molecule has 1 saturated heterocycles. The molecule has 2 aliphatic rings. The number of nitrogens with zero attached hydrogens (tertiary/aromatic N) is 2. The maximum atomic E-state index is 12.6. The number of hydrogen-bond acceptors (Lipinski definition) is 6. The lowest BCUT2D eigenvalue weighted by Gasteiger charge is -2.44. The van der Waals surface area contributed by atoms with Gasteiger partial charge in [-0.15, -0.1) is 0 Å². The summed E-state index contributed by atoms with van der Waals surface area (Å²) in [7, 11) is 1.36. The molecular weight excluding hydrogens is 352 g/mol. The summed E-state index contributed by atoms with van der Waals surface area (Å²) in [5.74, 6) is -0.294. The van der Waals surface area contributed by atoms with Gasteiger partial charge in [-0.3, -0.25) is 14.9 Å². The number of fused-ring (bicyclic) bond motifs is 1. The summed E-state index contributed by atoms with van der Waals surface area (Å²) in [6.45, 7) is 0.325. The van der Waals surface area contributed by atoms with Crippen molar-refractivity contribution >= 4 is 17.6 Å². The Labute approximate surface area is 157 Å². The van der Waals surface area contributed by atoms with Crippen molar-refractivity contribution in [3.8, 4) is 5.75 Å². The van der Waals surface area contributed by atoms with Gasteiger partial charge >= 0.3 is 5.97 Å². The van der Waals surface area contributed by atoms with Gasteiger partial charge in [0.05, 0.1) is 12.0 Å². The van der Waals surface area contributed by atoms with Gasteiger partial charge in [-0.05, 0) is 37.7 Å². The zero-order chi connectivity index (χ0) is 19.4. The molecule has 146 valence electrons. The number of methoxy groups -OCH3 is 1. The molecule has 8 heteroatoms. The number of nitro groups is 1. The Morgan fingerprint density at radius 2 is 1.96 bits per heavy atom. The number of carbonyl (C=O) groups is 2. The molecule has 1 aromatic rings. The van der Waals surface area contributed by atoms with Crippen LogP contribution in [0.1, 0.15) is 48.9 Å². The Kier molecular flexibility index (Phi) is 5.93. The summed E-state index contributed by atoms with van der Waals surface area (Å²) >= 11 is 0. The molecule has 0 radical (unpaired) electrons. The lowest BCUT2D eigenvalue weighted by Crippen LogP contribution is -2.50. The van der Waals surface area contributed by atoms with Gasteiger partial charge in [0.2, 0.25) is 0 Å². The number of amides is 1. The molecule has 3 rings (SSSR count). The third kappa shape index (κ3) is 4.20. The number of esters is 1. The number of non-ortho nitro benzene ring substituents is 1. The first kappa shape index (κ1) is 19.1. The van der Waals surface area contributed by atoms with Crippen LogP contribution in [0, 0.1) is 16.0 Å². The topological polar surface area (TPSA) is 99.0 Å². The summed E-state index contributed by atoms with van der Waals surface area (Å²) in [6.07, 6.45) is 6.61. The number of rotatable bonds is 5. The first-order valence-electron chi connectivity index (χ1n) is 9.30. The van der Waals surface area contributed by atoms with E-state index in [0.717, 1.165) is 38.2 Å². The van der Waals surface area contributed by atoms with E-state index in [-0.39, 0.29) is 35.6 Å². The first-order chi connectivity index (χ1) is 13.0. The zero-order valence-corrected chi connectivity index (χ0v) is 15.4. The van der Waals surface area contributed by atoms with Crippen molar-refractivity contribution < 1.29 is 24.0 Å². The van der Waals surface area contributed by atoms with Crippen LogP contribution in [0.2, 0.25) is 0 Å². The summed E-state index contributed by atoms with van der Waals surface area (Å²) in [4.78, 5) is 37.2. The molecule has 1 aliphatic carbocycles. The molecule has 0 spiro atoms. The number of hydrogen-bond donors (Lipinski definition) is 0. The largest absolute Gasteiger partial charge is 0.496 e. The van der Waals surface area contributed by atoms with E-state index < -0.39 is 10.9 Å². The lowest BCUT2D eigenvalue weighted by molar-refractivity contribution is -0.384. The van der Waals surface area contributed by atoms with E-state index in [1.165, 1.54) is 25.7 Å². The number of benzene rings is 1. The van der Waals surface area contributed by atoms with Gasteiger partial charge in [0.15, 0.2) is 6.61 Å². The summed E-state index contributed by atoms with van der Waals surface area (Å²) in [5.41, 5.74) is -0.302. The lowest BCUT2D eigenvalue weighted by atomic mass is 9.78. The molecule has 1 amide bonds. The Bertz CT molecular complexity index is 733. The SMILES string of the molecule is COc1ccc([N+](=O)[O-])cc1C(=O)OCC(=O)N1CCC[C@@H]2CCCC[C@H]21. The maximum Gasteiger partial charge on any atom is 0.342 e. The smallest absolute Gasteiger partial charge is 0.342 e. The zero-order valence-electron chi connectivity index (χ0n) is 15.4. The van der Waals surface area contributed by atoms with Crippen molar-refractivity contribution in [2.24, 2.45) is 5.92 Å². The van der Waals surface area contributed by atoms with Gasteiger partial charge in [0.1, 0.15) is 11.3 Å². The summed E-state index contributed by atoms with van der Waals surface area (Å²) in [5, 5.41) is 10.9. The first-order valence-corrected chi connectivity index (χ1v) is 9.30. The molecule has 0 unspecified atom stereocenters. The number of likely N-dealkylation sites (tertiary alicyclic amines) is 1. The van der Waals surface area contributed by atoms with Gasteiger partial charge in [-0.1, -0.05) is 12.8 Å². The van der Waals surface area contributed by atoms with Crippen LogP contribution in [0.4, 0.5) is 5.69 Å². The van der Waals surface area contributed by atoms with E-state index in [0.29, 0.717) is 12.5 Å². The van der Waals surface area contributed by atoms with Gasteiger partial charge in [-0.25, -0.2) is 4.79 Å². The average Bonchev–Trinajstić information content (AvgIpc) is 2.70. The highest BCUT2D eigenvalue weighted by Gasteiger charge is 2.36. The minimum atomic E-state index is -0.805. The number of ether oxygens (including phenoxy) is 2. The quantitative estimate of drug-likeness (QED) is 0.445. The van der Waals surface area contributed by atoms with Crippen LogP contribution >= 0.6 is 0 Å². The van der Waals surface area contributed by atoms with Crippen molar-refractivity contribution in [1.82, 2.24) is 4.90 Å². The average molecular weight is 376 g/mol. The van der Waals surface area contributed by atoms with E-state index >= 15 is 0 Å². The summed E-state index contributed by atoms with van der Waals surface area (Å²) < 4.78 is 10.2. The fourth-order valence-electron chi connectivity index (χ4n) is 4.19. The Balaban J connectivity index is 1.65. The fourth-order valence-corrected chi connectivity index (χ4v) is 4.19. The molecule has 0 aromatic heterocycles. The highest BCUT2D eigenvalue weighted by Crippen LogP contribution is 2.35. The second kappa shape index (κ2) is 8.37. The second-order valence-electron chi connectivity index (χ2n) is 7.06. The molecule has 0 bridgehead atoms. The van der Waals surface area contributed by atoms with E-state index in [9.17, 15) is 19.7 Å². The molecule has 1 saturated carbocycles. The van der Waals surface area contributed by atoms with Crippen LogP contribution < -0.4 is 4.74 Å². The molecule has 0 N–H and O–H groups in total. The molecule has 8 nitrogen and oxygen atoms in total. The number of nitro benzene ring substituents is 1. The van der Waals surface area contributed by atoms with Crippen LogP contribution in [-0.2, 0) is 9.53 Å². The molecule has 2 atom stereocenters. The van der Waals surface area contributed by atoms with E-state index in [1.807, 2.05) is 4.90 Å². The number of carbonyl (C=O) groups excluding carboxylic acids is 2. The predicted octanol–water partition coefficient (Wildman–Crippen LogP) is 2.94. The van der Waals surface area contributed by atoms with Gasteiger partial charge in [-0.2, -0.15) is 0 Å². The maximum absolute atomic E-state index is 12.6. The third-order valence-electron chi connectivity index (χ3n) is 5.50. The molecule has 1 aliphatic heterocycles. The fraction of sp³-hybridized carbons (Fsp3) is 0.579. The monoisotopic (exact) mass is 376 g/mol. The van der Waals surface area contributed by atoms with Crippen LogP contribution in [0.15, 0.2) is 18.2 Å². The van der Waals surface area contributed by atoms with Crippen LogP contribution in [0.3, 0.4) is 0 Å². The highest BCUT2D eigenvalue weighted by atomic mass is 16.6. The third-order valence-corrected chi connectivity index (χ3v) is 5.50. The van der Waals surface area contributed by atoms with Crippen molar-refractivity contribution in [2.75, 3.05) is 20.3 Å². The molecular formula is C19H24N2O6. The van der Waals surface area contributed by atoms with Crippen molar-refractivity contribution in [3.63, 3.8) is 0 Å². The van der Waals surface area contributed by atoms with Crippen LogP contribution in [0.25, 0.3) is 0 Å². The summed E-state index contributed by atoms with van der Waals surface area (Å²) in [6, 6.07) is 3.93. The van der Waals surface area contributed by atoms with E-state index in [1.54, 1.807) is 0 Å². The molecule has 1 aromatic carbocycles. The van der Waals surface area contributed by atoms with Crippen molar-refractivity contribution in [1.29, 1.82) is 0 Å². The second-order valence-corrected chi connectivity index (χ2v) is 7.06. The van der Waals surface area contributed by atoms with Crippen molar-refractivity contribution in [2.45, 2.75) is 44.6 Å². The molecule has 1 heterocycles. The molecule has 27 heavy (non-hydrogen) atoms. The van der Waals surface area contributed by atoms with Gasteiger partial charge < -0.3 is 14.4 Å². The standard InChI is InChI=1S/C19H24N2O6/c1-26-17-9-8-14(21(24)25)11-15(17)19(23)27-12-18(22)20-10-4-6-13-5-2-3-7-16(13)20/h8-9,11,13,16H,2-7,10,12H2,1H3/t13-,16+/m0/s1. The van der Waals surface area contributed by atoms with E-state index in [4.69, 9.17) is 9.47 Å². The Morgan fingerprint density at radius 1 is 1.22 bits per heavy atom. The Hall–Kier alpha value is -2.64. The van der Waals surface area contributed by atoms with Gasteiger partial charge in [0.25, 0.3) is 11.6 Å². The van der Waals surface area contributed by atoms with Crippen molar-refractivity contribution in [3.05, 3.63) is 33.9 Å². The van der Waals surface area contributed by atoms with Crippen LogP contribution in [0.5, 0.6) is 5.75 Å². The van der Waals surface area contributed by atoms with E-state index in [2.05, 4.69) is 0 Å². The number of piperidine rings is 1. The normalized spacial score (nSPS) is 21.9. The van der Waals surface area contributed by atoms with Gasteiger partial charge in [0, 0.05) is 24.7 Å².